The second kappa shape index (κ2) is 9.04. The quantitative estimate of drug-likeness (QED) is 0.424. The van der Waals surface area contributed by atoms with Crippen molar-refractivity contribution in [1.82, 2.24) is 9.97 Å². The Kier molecular flexibility index (Phi) is 5.80. The zero-order valence-electron chi connectivity index (χ0n) is 17.9. The summed E-state index contributed by atoms with van der Waals surface area (Å²) in [6, 6.07) is 22.6. The average molecular weight is 456 g/mol. The van der Waals surface area contributed by atoms with E-state index < -0.39 is 0 Å². The summed E-state index contributed by atoms with van der Waals surface area (Å²) in [6.07, 6.45) is 2.24. The minimum Gasteiger partial charge on any atom is -0.508 e. The number of rotatable bonds is 5. The Morgan fingerprint density at radius 1 is 0.939 bits per heavy atom. The molecule has 2 N–H and O–H groups in total. The van der Waals surface area contributed by atoms with Gasteiger partial charge in [-0.1, -0.05) is 54.1 Å². The predicted molar refractivity (Wildman–Crippen MR) is 130 cm³/mol. The zero-order chi connectivity index (χ0) is 22.8. The number of phenols is 1. The van der Waals surface area contributed by atoms with Crippen LogP contribution in [0.5, 0.6) is 5.75 Å². The third-order valence-electron chi connectivity index (χ3n) is 5.77. The molecule has 0 atom stereocenters. The van der Waals surface area contributed by atoms with Gasteiger partial charge in [-0.25, -0.2) is 9.97 Å². The first-order valence-corrected chi connectivity index (χ1v) is 11.2. The van der Waals surface area contributed by atoms with Crippen molar-refractivity contribution < 1.29 is 9.90 Å². The van der Waals surface area contributed by atoms with Crippen molar-refractivity contribution in [3.05, 3.63) is 106 Å². The molecule has 1 amide bonds. The van der Waals surface area contributed by atoms with Gasteiger partial charge in [-0.3, -0.25) is 4.79 Å². The van der Waals surface area contributed by atoms with E-state index in [1.807, 2.05) is 48.5 Å². The number of aryl methyl sites for hydroxylation is 2. The number of nitrogens with one attached hydrogen (secondary N) is 1. The number of hydrogen-bond acceptors (Lipinski definition) is 4. The Hall–Kier alpha value is -3.70. The molecule has 0 unspecified atom stereocenters. The third kappa shape index (κ3) is 4.73. The maximum Gasteiger partial charge on any atom is 0.229 e. The number of hydrogen-bond donors (Lipinski definition) is 2. The SMILES string of the molecule is O=C(Cc1ccc(Cl)cc1)Nc1nc2c(nc1Cc1ccccc1)-c1ccc(O)cc1CC2. The van der Waals surface area contributed by atoms with Crippen LogP contribution in [0.2, 0.25) is 5.02 Å². The highest BCUT2D eigenvalue weighted by atomic mass is 35.5. The smallest absolute Gasteiger partial charge is 0.229 e. The van der Waals surface area contributed by atoms with E-state index in [4.69, 9.17) is 21.6 Å². The molecule has 0 saturated carbocycles. The first kappa shape index (κ1) is 21.2. The molecule has 0 radical (unpaired) electrons. The predicted octanol–water partition coefficient (Wildman–Crippen LogP) is 5.37. The molecule has 0 bridgehead atoms. The molecule has 1 aromatic heterocycles. The van der Waals surface area contributed by atoms with Crippen LogP contribution in [0.4, 0.5) is 5.82 Å². The maximum atomic E-state index is 12.8. The highest BCUT2D eigenvalue weighted by Gasteiger charge is 2.23. The monoisotopic (exact) mass is 455 g/mol. The summed E-state index contributed by atoms with van der Waals surface area (Å²) in [5.41, 5.74) is 6.38. The van der Waals surface area contributed by atoms with Crippen LogP contribution in [0.1, 0.15) is 28.1 Å². The van der Waals surface area contributed by atoms with Crippen molar-refractivity contribution in [2.75, 3.05) is 5.32 Å². The molecule has 0 fully saturated rings. The molecule has 33 heavy (non-hydrogen) atoms. The average Bonchev–Trinajstić information content (AvgIpc) is 2.81. The summed E-state index contributed by atoms with van der Waals surface area (Å²) in [6.45, 7) is 0. The lowest BCUT2D eigenvalue weighted by atomic mass is 9.91. The molecule has 0 saturated heterocycles. The van der Waals surface area contributed by atoms with Gasteiger partial charge >= 0.3 is 0 Å². The highest BCUT2D eigenvalue weighted by Crippen LogP contribution is 2.35. The number of nitrogens with zero attached hydrogens (tertiary/aromatic N) is 2. The fraction of sp³-hybridized carbons (Fsp3) is 0.148. The van der Waals surface area contributed by atoms with Crippen LogP contribution in [0.15, 0.2) is 72.8 Å². The lowest BCUT2D eigenvalue weighted by Crippen LogP contribution is -2.20. The van der Waals surface area contributed by atoms with Gasteiger partial charge in [0.05, 0.1) is 23.5 Å². The normalized spacial score (nSPS) is 12.0. The number of carbonyl (C=O) groups is 1. The van der Waals surface area contributed by atoms with Crippen LogP contribution in [0, 0.1) is 0 Å². The van der Waals surface area contributed by atoms with E-state index in [-0.39, 0.29) is 18.1 Å². The second-order valence-corrected chi connectivity index (χ2v) is 8.61. The number of aromatic nitrogens is 2. The van der Waals surface area contributed by atoms with Crippen molar-refractivity contribution in [1.29, 1.82) is 0 Å². The summed E-state index contributed by atoms with van der Waals surface area (Å²) in [5.74, 6) is 0.599. The van der Waals surface area contributed by atoms with Crippen molar-refractivity contribution in [2.24, 2.45) is 0 Å². The van der Waals surface area contributed by atoms with Crippen molar-refractivity contribution in [3.63, 3.8) is 0 Å². The number of phenolic OH excluding ortho intramolecular Hbond substituents is 1. The molecule has 5 nitrogen and oxygen atoms in total. The Balaban J connectivity index is 1.50. The molecule has 1 aliphatic carbocycles. The van der Waals surface area contributed by atoms with E-state index in [0.717, 1.165) is 40.1 Å². The Morgan fingerprint density at radius 3 is 2.52 bits per heavy atom. The molecule has 0 spiro atoms. The first-order chi connectivity index (χ1) is 16.0. The van der Waals surface area contributed by atoms with Crippen LogP contribution in [0.3, 0.4) is 0 Å². The molecular weight excluding hydrogens is 434 g/mol. The van der Waals surface area contributed by atoms with Crippen LogP contribution < -0.4 is 5.32 Å². The van der Waals surface area contributed by atoms with Gasteiger partial charge in [-0.2, -0.15) is 0 Å². The number of aromatic hydroxyl groups is 1. The molecule has 5 rings (SSSR count). The molecular formula is C27H22ClN3O2. The number of fused-ring (bicyclic) bond motifs is 3. The largest absolute Gasteiger partial charge is 0.508 e. The molecule has 3 aromatic carbocycles. The van der Waals surface area contributed by atoms with E-state index in [2.05, 4.69) is 5.32 Å². The molecule has 1 aliphatic rings. The van der Waals surface area contributed by atoms with Gasteiger partial charge in [0.15, 0.2) is 5.82 Å². The molecule has 6 heteroatoms. The first-order valence-electron chi connectivity index (χ1n) is 10.9. The summed E-state index contributed by atoms with van der Waals surface area (Å²) in [4.78, 5) is 22.7. The second-order valence-electron chi connectivity index (χ2n) is 8.17. The molecule has 164 valence electrons. The number of benzene rings is 3. The fourth-order valence-corrected chi connectivity index (χ4v) is 4.27. The van der Waals surface area contributed by atoms with Crippen LogP contribution in [-0.2, 0) is 30.5 Å². The third-order valence-corrected chi connectivity index (χ3v) is 6.02. The Bertz CT molecular complexity index is 1320. The number of halogens is 1. The maximum absolute atomic E-state index is 12.8. The summed E-state index contributed by atoms with van der Waals surface area (Å²) >= 11 is 5.96. The molecule has 4 aromatic rings. The van der Waals surface area contributed by atoms with E-state index in [1.54, 1.807) is 24.3 Å². The molecule has 1 heterocycles. The lowest BCUT2D eigenvalue weighted by Gasteiger charge is -2.21. The van der Waals surface area contributed by atoms with Crippen molar-refractivity contribution in [2.45, 2.75) is 25.7 Å². The summed E-state index contributed by atoms with van der Waals surface area (Å²) < 4.78 is 0. The van der Waals surface area contributed by atoms with Gasteiger partial charge in [0.25, 0.3) is 0 Å². The van der Waals surface area contributed by atoms with Gasteiger partial charge in [0.2, 0.25) is 5.91 Å². The lowest BCUT2D eigenvalue weighted by molar-refractivity contribution is -0.115. The Morgan fingerprint density at radius 2 is 1.73 bits per heavy atom. The van der Waals surface area contributed by atoms with E-state index in [0.29, 0.717) is 29.4 Å². The van der Waals surface area contributed by atoms with Gasteiger partial charge in [0.1, 0.15) is 5.75 Å². The fourth-order valence-electron chi connectivity index (χ4n) is 4.14. The van der Waals surface area contributed by atoms with Gasteiger partial charge in [-0.05, 0) is 59.9 Å². The van der Waals surface area contributed by atoms with Gasteiger partial charge < -0.3 is 10.4 Å². The van der Waals surface area contributed by atoms with Crippen molar-refractivity contribution >= 4 is 23.3 Å². The van der Waals surface area contributed by atoms with E-state index >= 15 is 0 Å². The number of carbonyl (C=O) groups excluding carboxylic acids is 1. The summed E-state index contributed by atoms with van der Waals surface area (Å²) in [7, 11) is 0. The van der Waals surface area contributed by atoms with Crippen molar-refractivity contribution in [3.8, 4) is 17.0 Å². The number of anilines is 1. The minimum atomic E-state index is -0.151. The Labute approximate surface area is 197 Å². The van der Waals surface area contributed by atoms with Crippen LogP contribution in [-0.4, -0.2) is 21.0 Å². The van der Waals surface area contributed by atoms with Crippen LogP contribution >= 0.6 is 11.6 Å². The van der Waals surface area contributed by atoms with E-state index in [9.17, 15) is 9.90 Å². The topological polar surface area (TPSA) is 75.1 Å². The van der Waals surface area contributed by atoms with Gasteiger partial charge in [0, 0.05) is 17.0 Å². The summed E-state index contributed by atoms with van der Waals surface area (Å²) in [5, 5.41) is 13.5. The van der Waals surface area contributed by atoms with Gasteiger partial charge in [-0.15, -0.1) is 0 Å². The number of amides is 1. The van der Waals surface area contributed by atoms with Crippen LogP contribution in [0.25, 0.3) is 11.3 Å². The molecule has 0 aliphatic heterocycles. The minimum absolute atomic E-state index is 0.151. The standard InChI is InChI=1S/C27H22ClN3O2/c28-20-9-6-18(7-10-20)15-25(33)31-27-24(14-17-4-2-1-3-5-17)29-26-22-12-11-21(32)16-19(22)8-13-23(26)30-27/h1-7,9-12,16,32H,8,13-15H2,(H,30,31,33). The highest BCUT2D eigenvalue weighted by molar-refractivity contribution is 6.30. The zero-order valence-corrected chi connectivity index (χ0v) is 18.6. The van der Waals surface area contributed by atoms with E-state index in [1.165, 1.54) is 0 Å².